The molecule has 0 saturated carbocycles. The second-order valence-corrected chi connectivity index (χ2v) is 16.8. The van der Waals surface area contributed by atoms with Crippen molar-refractivity contribution in [3.8, 4) is 62.8 Å². The minimum absolute atomic E-state index is 0.539. The van der Waals surface area contributed by atoms with Gasteiger partial charge in [-0.15, -0.1) is 0 Å². The predicted molar refractivity (Wildman–Crippen MR) is 269 cm³/mol. The lowest BCUT2D eigenvalue weighted by Gasteiger charge is -2.13. The smallest absolute Gasteiger partial charge is 0.227 e. The van der Waals surface area contributed by atoms with Gasteiger partial charge in [0, 0.05) is 44.3 Å². The molecule has 14 rings (SSSR count). The van der Waals surface area contributed by atoms with Gasteiger partial charge in [0.15, 0.2) is 28.6 Å². The maximum absolute atomic E-state index is 6.13. The van der Waals surface area contributed by atoms with Crippen LogP contribution in [-0.2, 0) is 0 Å². The molecule has 0 N–H and O–H groups in total. The maximum atomic E-state index is 6.13. The average Bonchev–Trinajstić information content (AvgIpc) is 4.13. The standard InChI is InChI=1S/C59H34N6O2/c1-2-13-41-33-42(31-29-35(41)11-1)65-49-32-30-36-12-3-4-14-43(36)53(49)54-45-16-6-5-15-44(45)46(34-50(54)65)57-63-55(37-21-25-39(26-22-37)58-60-47-17-7-9-19-51(47)66-58)62-56(64-57)38-23-27-40(28-24-38)59-61-48-18-8-10-20-52(48)67-59/h1-34H. The molecule has 0 fully saturated rings. The summed E-state index contributed by atoms with van der Waals surface area (Å²) in [5, 5.41) is 9.31. The molecule has 0 aliphatic carbocycles. The van der Waals surface area contributed by atoms with Crippen LogP contribution in [0.25, 0.3) is 139 Å². The van der Waals surface area contributed by atoms with Gasteiger partial charge in [-0.05, 0) is 105 Å². The first-order valence-corrected chi connectivity index (χ1v) is 22.2. The van der Waals surface area contributed by atoms with Gasteiger partial charge in [-0.3, -0.25) is 0 Å². The van der Waals surface area contributed by atoms with Crippen LogP contribution >= 0.6 is 0 Å². The largest absolute Gasteiger partial charge is 0.436 e. The summed E-state index contributed by atoms with van der Waals surface area (Å²) in [4.78, 5) is 25.3. The van der Waals surface area contributed by atoms with Crippen molar-refractivity contribution in [3.63, 3.8) is 0 Å². The van der Waals surface area contributed by atoms with Crippen LogP contribution in [0.1, 0.15) is 0 Å². The van der Waals surface area contributed by atoms with E-state index in [0.29, 0.717) is 29.3 Å². The molecule has 0 aliphatic rings. The average molecular weight is 859 g/mol. The highest BCUT2D eigenvalue weighted by atomic mass is 16.4. The summed E-state index contributed by atoms with van der Waals surface area (Å²) in [7, 11) is 0. The van der Waals surface area contributed by atoms with Gasteiger partial charge in [-0.1, -0.05) is 133 Å². The third kappa shape index (κ3) is 6.04. The topological polar surface area (TPSA) is 95.7 Å². The van der Waals surface area contributed by atoms with Crippen molar-refractivity contribution in [2.75, 3.05) is 0 Å². The fourth-order valence-electron chi connectivity index (χ4n) is 9.69. The number of rotatable bonds is 6. The number of fused-ring (bicyclic) bond motifs is 10. The number of aromatic nitrogens is 6. The lowest BCUT2D eigenvalue weighted by atomic mass is 9.96. The van der Waals surface area contributed by atoms with Gasteiger partial charge in [0.2, 0.25) is 11.8 Å². The van der Waals surface area contributed by atoms with E-state index in [0.717, 1.165) is 77.5 Å². The van der Waals surface area contributed by atoms with Crippen molar-refractivity contribution >= 4 is 76.3 Å². The zero-order chi connectivity index (χ0) is 44.0. The van der Waals surface area contributed by atoms with Crippen molar-refractivity contribution in [2.45, 2.75) is 0 Å². The number of hydrogen-bond acceptors (Lipinski definition) is 7. The molecule has 312 valence electrons. The second-order valence-electron chi connectivity index (χ2n) is 16.8. The monoisotopic (exact) mass is 858 g/mol. The van der Waals surface area contributed by atoms with Gasteiger partial charge in [-0.2, -0.15) is 0 Å². The Kier molecular flexibility index (Phi) is 8.11. The second kappa shape index (κ2) is 14.6. The number of nitrogens with zero attached hydrogens (tertiary/aromatic N) is 6. The van der Waals surface area contributed by atoms with Crippen LogP contribution in [0.15, 0.2) is 215 Å². The number of benzene rings is 10. The van der Waals surface area contributed by atoms with E-state index in [1.165, 1.54) is 32.3 Å². The van der Waals surface area contributed by atoms with E-state index in [4.69, 9.17) is 33.8 Å². The summed E-state index contributed by atoms with van der Waals surface area (Å²) in [5.41, 5.74) is 10.6. The molecule has 0 radical (unpaired) electrons. The number of para-hydroxylation sites is 4. The van der Waals surface area contributed by atoms with Gasteiger partial charge in [0.05, 0.1) is 11.0 Å². The molecular weight excluding hydrogens is 825 g/mol. The van der Waals surface area contributed by atoms with E-state index in [1.54, 1.807) is 0 Å². The van der Waals surface area contributed by atoms with Gasteiger partial charge in [0.1, 0.15) is 11.0 Å². The van der Waals surface area contributed by atoms with Gasteiger partial charge in [-0.25, -0.2) is 24.9 Å². The van der Waals surface area contributed by atoms with Crippen LogP contribution in [0.4, 0.5) is 0 Å². The minimum atomic E-state index is 0.539. The van der Waals surface area contributed by atoms with Crippen molar-refractivity contribution < 1.29 is 8.83 Å². The van der Waals surface area contributed by atoms with Gasteiger partial charge < -0.3 is 13.4 Å². The summed E-state index contributed by atoms with van der Waals surface area (Å²) in [5.74, 6) is 2.75. The molecule has 0 bridgehead atoms. The van der Waals surface area contributed by atoms with Crippen LogP contribution in [-0.4, -0.2) is 29.5 Å². The van der Waals surface area contributed by atoms with Crippen LogP contribution in [0.2, 0.25) is 0 Å². The fourth-order valence-corrected chi connectivity index (χ4v) is 9.69. The third-order valence-electron chi connectivity index (χ3n) is 12.9. The van der Waals surface area contributed by atoms with E-state index in [1.807, 2.05) is 97.1 Å². The van der Waals surface area contributed by atoms with E-state index in [2.05, 4.69) is 114 Å². The van der Waals surface area contributed by atoms with E-state index in [9.17, 15) is 0 Å². The Morgan fingerprint density at radius 3 is 1.46 bits per heavy atom. The van der Waals surface area contributed by atoms with Crippen LogP contribution in [0.3, 0.4) is 0 Å². The van der Waals surface area contributed by atoms with Crippen LogP contribution in [0, 0.1) is 0 Å². The molecule has 4 heterocycles. The fraction of sp³-hybridized carbons (Fsp3) is 0. The molecule has 0 saturated heterocycles. The summed E-state index contributed by atoms with van der Waals surface area (Å²) in [6.07, 6.45) is 0. The molecule has 4 aromatic heterocycles. The Morgan fingerprint density at radius 1 is 0.328 bits per heavy atom. The summed E-state index contributed by atoms with van der Waals surface area (Å²) in [6, 6.07) is 71.0. The Labute approximate surface area is 382 Å². The number of hydrogen-bond donors (Lipinski definition) is 0. The van der Waals surface area contributed by atoms with Crippen molar-refractivity contribution in [1.29, 1.82) is 0 Å². The molecule has 0 unspecified atom stereocenters. The Balaban J connectivity index is 0.998. The molecule has 14 aromatic rings. The quantitative estimate of drug-likeness (QED) is 0.164. The molecule has 8 heteroatoms. The summed E-state index contributed by atoms with van der Waals surface area (Å²) < 4.78 is 14.7. The molecular formula is C59H34N6O2. The van der Waals surface area contributed by atoms with Crippen molar-refractivity contribution in [3.05, 3.63) is 206 Å². The third-order valence-corrected chi connectivity index (χ3v) is 12.9. The van der Waals surface area contributed by atoms with Gasteiger partial charge >= 0.3 is 0 Å². The zero-order valence-corrected chi connectivity index (χ0v) is 35.6. The lowest BCUT2D eigenvalue weighted by molar-refractivity contribution is 0.619. The molecule has 0 atom stereocenters. The van der Waals surface area contributed by atoms with Crippen molar-refractivity contribution in [2.24, 2.45) is 0 Å². The SMILES string of the molecule is c1ccc2cc(-n3c4ccc5ccccc5c4c4c5ccccc5c(-c5nc(-c6ccc(-c7nc8ccccc8o7)cc6)nc(-c6ccc(-c7nc8ccccc8o7)cc6)n5)cc43)ccc2c1. The normalized spacial score (nSPS) is 11.9. The minimum Gasteiger partial charge on any atom is -0.436 e. The molecule has 0 amide bonds. The van der Waals surface area contributed by atoms with E-state index in [-0.39, 0.29) is 0 Å². The Hall–Kier alpha value is -9.27. The zero-order valence-electron chi connectivity index (χ0n) is 35.6. The molecule has 0 aliphatic heterocycles. The van der Waals surface area contributed by atoms with Gasteiger partial charge in [0.25, 0.3) is 0 Å². The maximum Gasteiger partial charge on any atom is 0.227 e. The van der Waals surface area contributed by atoms with Crippen LogP contribution in [0.5, 0.6) is 0 Å². The lowest BCUT2D eigenvalue weighted by Crippen LogP contribution is -2.01. The van der Waals surface area contributed by atoms with Crippen molar-refractivity contribution in [1.82, 2.24) is 29.5 Å². The summed E-state index contributed by atoms with van der Waals surface area (Å²) >= 11 is 0. The van der Waals surface area contributed by atoms with E-state index >= 15 is 0 Å². The first kappa shape index (κ1) is 37.1. The molecule has 8 nitrogen and oxygen atoms in total. The highest BCUT2D eigenvalue weighted by Gasteiger charge is 2.23. The Morgan fingerprint density at radius 2 is 0.821 bits per heavy atom. The van der Waals surface area contributed by atoms with E-state index < -0.39 is 0 Å². The first-order valence-electron chi connectivity index (χ1n) is 22.2. The first-order chi connectivity index (χ1) is 33.2. The molecule has 10 aromatic carbocycles. The molecule has 67 heavy (non-hydrogen) atoms. The predicted octanol–water partition coefficient (Wildman–Crippen LogP) is 15.0. The van der Waals surface area contributed by atoms with Crippen LogP contribution < -0.4 is 0 Å². The number of oxazole rings is 2. The molecule has 0 spiro atoms. The Bertz CT molecular complexity index is 4080. The summed E-state index contributed by atoms with van der Waals surface area (Å²) in [6.45, 7) is 0. The highest BCUT2D eigenvalue weighted by Crippen LogP contribution is 2.44. The highest BCUT2D eigenvalue weighted by molar-refractivity contribution is 6.30.